The normalized spacial score (nSPS) is 14.9. The summed E-state index contributed by atoms with van der Waals surface area (Å²) >= 11 is 0. The first-order chi connectivity index (χ1) is 16.2. The largest absolute Gasteiger partial charge is 0.379 e. The molecule has 1 amide bonds. The molecule has 11 nitrogen and oxygen atoms in total. The van der Waals surface area contributed by atoms with Gasteiger partial charge in [-0.2, -0.15) is 4.31 Å². The number of aryl methyl sites for hydroxylation is 2. The van der Waals surface area contributed by atoms with E-state index in [1.165, 1.54) is 35.2 Å². The number of aromatic nitrogens is 3. The van der Waals surface area contributed by atoms with Crippen LogP contribution in [0.2, 0.25) is 0 Å². The lowest BCUT2D eigenvalue weighted by molar-refractivity contribution is -0.116. The van der Waals surface area contributed by atoms with Gasteiger partial charge in [0.1, 0.15) is 5.65 Å². The predicted molar refractivity (Wildman–Crippen MR) is 125 cm³/mol. The number of pyridine rings is 1. The summed E-state index contributed by atoms with van der Waals surface area (Å²) in [4.78, 5) is 41.2. The zero-order valence-electron chi connectivity index (χ0n) is 18.9. The highest BCUT2D eigenvalue weighted by Gasteiger charge is 2.26. The molecule has 12 heteroatoms. The Bertz CT molecular complexity index is 1450. The van der Waals surface area contributed by atoms with Crippen molar-refractivity contribution in [3.63, 3.8) is 0 Å². The Morgan fingerprint density at radius 2 is 1.76 bits per heavy atom. The van der Waals surface area contributed by atoms with Crippen molar-refractivity contribution in [2.75, 3.05) is 31.6 Å². The molecule has 0 spiro atoms. The fraction of sp³-hybridized carbons (Fsp3) is 0.364. The van der Waals surface area contributed by atoms with Crippen LogP contribution >= 0.6 is 0 Å². The van der Waals surface area contributed by atoms with E-state index in [0.717, 1.165) is 10.1 Å². The number of nitrogens with zero attached hydrogens (tertiary/aromatic N) is 4. The number of nitrogens with one attached hydrogen (secondary N) is 1. The van der Waals surface area contributed by atoms with E-state index in [1.54, 1.807) is 24.3 Å². The fourth-order valence-corrected chi connectivity index (χ4v) is 5.19. The Morgan fingerprint density at radius 1 is 1.09 bits per heavy atom. The van der Waals surface area contributed by atoms with Gasteiger partial charge in [-0.25, -0.2) is 18.2 Å². The minimum Gasteiger partial charge on any atom is -0.379 e. The molecule has 0 aliphatic carbocycles. The summed E-state index contributed by atoms with van der Waals surface area (Å²) in [6, 6.07) is 7.98. The first kappa shape index (κ1) is 23.8. The third kappa shape index (κ3) is 4.65. The number of amides is 1. The van der Waals surface area contributed by atoms with Crippen LogP contribution in [0.1, 0.15) is 12.0 Å². The monoisotopic (exact) mass is 487 g/mol. The molecule has 34 heavy (non-hydrogen) atoms. The molecular formula is C22H25N5O6S. The molecule has 3 aromatic rings. The van der Waals surface area contributed by atoms with Gasteiger partial charge in [-0.1, -0.05) is 12.1 Å². The fourth-order valence-electron chi connectivity index (χ4n) is 3.78. The number of rotatable bonds is 6. The zero-order chi connectivity index (χ0) is 24.5. The summed E-state index contributed by atoms with van der Waals surface area (Å²) in [6.07, 6.45) is 1.95. The number of carbonyl (C=O) groups is 1. The molecule has 1 saturated heterocycles. The van der Waals surface area contributed by atoms with Crippen molar-refractivity contribution < 1.29 is 17.9 Å². The molecule has 1 aromatic carbocycles. The van der Waals surface area contributed by atoms with Gasteiger partial charge in [0.05, 0.1) is 35.4 Å². The molecule has 4 rings (SSSR count). The van der Waals surface area contributed by atoms with Crippen LogP contribution in [0.4, 0.5) is 5.69 Å². The van der Waals surface area contributed by atoms with E-state index in [-0.39, 0.29) is 28.3 Å². The Hall–Kier alpha value is -3.35. The summed E-state index contributed by atoms with van der Waals surface area (Å²) in [5.41, 5.74) is 0.425. The van der Waals surface area contributed by atoms with Crippen molar-refractivity contribution >= 4 is 32.7 Å². The maximum absolute atomic E-state index is 12.7. The third-order valence-corrected chi connectivity index (χ3v) is 7.66. The van der Waals surface area contributed by atoms with Gasteiger partial charge in [-0.05, 0) is 30.2 Å². The molecule has 1 aliphatic rings. The average Bonchev–Trinajstić information content (AvgIpc) is 2.85. The number of fused-ring (bicyclic) bond motifs is 1. The average molecular weight is 488 g/mol. The zero-order valence-corrected chi connectivity index (χ0v) is 19.7. The molecule has 180 valence electrons. The summed E-state index contributed by atoms with van der Waals surface area (Å²) in [5, 5.41) is 2.93. The van der Waals surface area contributed by atoms with Gasteiger partial charge < -0.3 is 10.1 Å². The number of hydrogen-bond donors (Lipinski definition) is 1. The molecule has 2 aromatic heterocycles. The summed E-state index contributed by atoms with van der Waals surface area (Å²) in [6.45, 7) is 1.42. The number of benzene rings is 1. The molecule has 1 fully saturated rings. The highest BCUT2D eigenvalue weighted by Crippen LogP contribution is 2.18. The highest BCUT2D eigenvalue weighted by molar-refractivity contribution is 7.89. The molecule has 3 heterocycles. The number of carbonyl (C=O) groups excluding carboxylic acids is 1. The van der Waals surface area contributed by atoms with Crippen molar-refractivity contribution in [3.05, 3.63) is 62.9 Å². The molecule has 0 saturated carbocycles. The second-order valence-corrected chi connectivity index (χ2v) is 9.95. The summed E-state index contributed by atoms with van der Waals surface area (Å²) in [5.74, 6) is -0.284. The van der Waals surface area contributed by atoms with E-state index < -0.39 is 21.3 Å². The predicted octanol–water partition coefficient (Wildman–Crippen LogP) is 0.224. The van der Waals surface area contributed by atoms with Gasteiger partial charge in [0.15, 0.2) is 0 Å². The first-order valence-electron chi connectivity index (χ1n) is 10.7. The van der Waals surface area contributed by atoms with Crippen LogP contribution in [0.25, 0.3) is 11.0 Å². The van der Waals surface area contributed by atoms with Gasteiger partial charge in [0.2, 0.25) is 15.9 Å². The summed E-state index contributed by atoms with van der Waals surface area (Å²) < 4.78 is 34.3. The van der Waals surface area contributed by atoms with Crippen LogP contribution in [0.15, 0.2) is 51.0 Å². The quantitative estimate of drug-likeness (QED) is 0.526. The Kier molecular flexibility index (Phi) is 6.64. The molecule has 0 bridgehead atoms. The second kappa shape index (κ2) is 9.49. The minimum absolute atomic E-state index is 0.152. The summed E-state index contributed by atoms with van der Waals surface area (Å²) in [7, 11) is -0.660. The van der Waals surface area contributed by atoms with Gasteiger partial charge in [0, 0.05) is 33.6 Å². The third-order valence-electron chi connectivity index (χ3n) is 5.75. The van der Waals surface area contributed by atoms with Crippen molar-refractivity contribution in [1.29, 1.82) is 0 Å². The van der Waals surface area contributed by atoms with Crippen LogP contribution in [-0.4, -0.2) is 59.1 Å². The Labute approximate surface area is 195 Å². The highest BCUT2D eigenvalue weighted by atomic mass is 32.2. The molecule has 1 N–H and O–H groups in total. The van der Waals surface area contributed by atoms with E-state index in [2.05, 4.69) is 10.3 Å². The van der Waals surface area contributed by atoms with Crippen molar-refractivity contribution in [2.45, 2.75) is 17.7 Å². The van der Waals surface area contributed by atoms with Crippen LogP contribution in [-0.2, 0) is 40.1 Å². The lowest BCUT2D eigenvalue weighted by atomic mass is 10.1. The van der Waals surface area contributed by atoms with Crippen LogP contribution in [0.3, 0.4) is 0 Å². The lowest BCUT2D eigenvalue weighted by Crippen LogP contribution is -2.40. The van der Waals surface area contributed by atoms with Crippen LogP contribution in [0, 0.1) is 0 Å². The molecule has 1 aliphatic heterocycles. The maximum Gasteiger partial charge on any atom is 0.332 e. The molecular weight excluding hydrogens is 462 g/mol. The second-order valence-electron chi connectivity index (χ2n) is 8.01. The van der Waals surface area contributed by atoms with Crippen LogP contribution < -0.4 is 16.6 Å². The van der Waals surface area contributed by atoms with E-state index in [1.807, 2.05) is 0 Å². The van der Waals surface area contributed by atoms with Gasteiger partial charge in [-0.3, -0.25) is 18.7 Å². The van der Waals surface area contributed by atoms with Crippen LogP contribution in [0.5, 0.6) is 0 Å². The SMILES string of the molecule is Cn1c(=O)c2cc(NC(=O)CCc3ccc(S(=O)(=O)N4CCOCC4)cc3)cnc2n(C)c1=O. The standard InChI is InChI=1S/C22H25N5O6S/c1-25-20-18(21(29)26(2)22(25)30)13-16(14-23-20)24-19(28)8-5-15-3-6-17(7-4-15)34(31,32)27-9-11-33-12-10-27/h3-4,6-7,13-14H,5,8-12H2,1-2H3,(H,24,28). The smallest absolute Gasteiger partial charge is 0.332 e. The van der Waals surface area contributed by atoms with Crippen molar-refractivity contribution in [2.24, 2.45) is 14.1 Å². The van der Waals surface area contributed by atoms with Gasteiger partial charge in [0.25, 0.3) is 5.56 Å². The minimum atomic E-state index is -3.56. The Balaban J connectivity index is 1.41. The topological polar surface area (TPSA) is 133 Å². The maximum atomic E-state index is 12.7. The number of morpholine rings is 1. The number of ether oxygens (including phenoxy) is 1. The van der Waals surface area contributed by atoms with Crippen molar-refractivity contribution in [3.8, 4) is 0 Å². The van der Waals surface area contributed by atoms with Gasteiger partial charge in [-0.15, -0.1) is 0 Å². The number of anilines is 1. The molecule has 0 unspecified atom stereocenters. The van der Waals surface area contributed by atoms with E-state index >= 15 is 0 Å². The van der Waals surface area contributed by atoms with E-state index in [4.69, 9.17) is 4.74 Å². The first-order valence-corrected chi connectivity index (χ1v) is 12.1. The molecule has 0 atom stereocenters. The molecule has 0 radical (unpaired) electrons. The van der Waals surface area contributed by atoms with Gasteiger partial charge >= 0.3 is 5.69 Å². The number of hydrogen-bond acceptors (Lipinski definition) is 7. The van der Waals surface area contributed by atoms with Crippen molar-refractivity contribution in [1.82, 2.24) is 18.4 Å². The number of sulfonamides is 1. The van der Waals surface area contributed by atoms with E-state index in [9.17, 15) is 22.8 Å². The van der Waals surface area contributed by atoms with E-state index in [0.29, 0.717) is 38.4 Å². The Morgan fingerprint density at radius 3 is 2.44 bits per heavy atom. The lowest BCUT2D eigenvalue weighted by Gasteiger charge is -2.26.